The highest BCUT2D eigenvalue weighted by Crippen LogP contribution is 2.34. The number of nitrogens with one attached hydrogen (secondary N) is 1. The van der Waals surface area contributed by atoms with Crippen LogP contribution in [0, 0.1) is 6.92 Å². The van der Waals surface area contributed by atoms with Crippen molar-refractivity contribution in [2.24, 2.45) is 0 Å². The molecule has 1 atom stereocenters. The summed E-state index contributed by atoms with van der Waals surface area (Å²) in [5, 5.41) is 3.54. The molecule has 1 heteroatoms. The number of benzene rings is 1. The average molecular weight is 215 g/mol. The number of aryl methyl sites for hydroxylation is 1. The molecule has 16 heavy (non-hydrogen) atoms. The minimum absolute atomic E-state index is 0.779. The Kier molecular flexibility index (Phi) is 2.72. The molecule has 0 aromatic heterocycles. The zero-order chi connectivity index (χ0) is 11.0. The maximum absolute atomic E-state index is 3.54. The summed E-state index contributed by atoms with van der Waals surface area (Å²) in [7, 11) is 0. The monoisotopic (exact) mass is 215 g/mol. The highest BCUT2D eigenvalue weighted by atomic mass is 14.9. The van der Waals surface area contributed by atoms with Crippen LogP contribution in [0.15, 0.2) is 12.1 Å². The molecule has 1 aromatic rings. The number of fused-ring (bicyclic) bond motifs is 1. The van der Waals surface area contributed by atoms with Gasteiger partial charge in [-0.3, -0.25) is 0 Å². The van der Waals surface area contributed by atoms with Gasteiger partial charge in [0.2, 0.25) is 0 Å². The summed E-state index contributed by atoms with van der Waals surface area (Å²) in [6, 6.07) is 4.74. The fourth-order valence-corrected chi connectivity index (χ4v) is 3.41. The molecule has 0 radical (unpaired) electrons. The Labute approximate surface area is 98.3 Å². The normalized spacial score (nSPS) is 24.4. The Morgan fingerprint density at radius 2 is 2.00 bits per heavy atom. The van der Waals surface area contributed by atoms with E-state index in [-0.39, 0.29) is 0 Å². The van der Waals surface area contributed by atoms with Gasteiger partial charge in [-0.2, -0.15) is 0 Å². The van der Waals surface area contributed by atoms with Gasteiger partial charge in [0.05, 0.1) is 0 Å². The van der Waals surface area contributed by atoms with E-state index in [0.29, 0.717) is 0 Å². The van der Waals surface area contributed by atoms with Gasteiger partial charge in [0.25, 0.3) is 0 Å². The molecule has 1 heterocycles. The van der Waals surface area contributed by atoms with Gasteiger partial charge in [-0.1, -0.05) is 12.1 Å². The molecule has 1 aliphatic carbocycles. The molecule has 2 aliphatic rings. The van der Waals surface area contributed by atoms with E-state index < -0.39 is 0 Å². The molecular formula is C15H21N. The lowest BCUT2D eigenvalue weighted by Gasteiger charge is -2.25. The third-order valence-corrected chi connectivity index (χ3v) is 4.29. The van der Waals surface area contributed by atoms with Crippen LogP contribution in [-0.2, 0) is 12.8 Å². The second-order valence-corrected chi connectivity index (χ2v) is 5.33. The lowest BCUT2D eigenvalue weighted by molar-refractivity contribution is 0.460. The van der Waals surface area contributed by atoms with Crippen molar-refractivity contribution in [3.8, 4) is 0 Å². The van der Waals surface area contributed by atoms with E-state index in [0.717, 1.165) is 5.92 Å². The molecule has 1 aliphatic heterocycles. The van der Waals surface area contributed by atoms with Gasteiger partial charge in [0.1, 0.15) is 0 Å². The number of rotatable bonds is 1. The molecule has 86 valence electrons. The maximum atomic E-state index is 3.54. The van der Waals surface area contributed by atoms with Gasteiger partial charge < -0.3 is 5.32 Å². The van der Waals surface area contributed by atoms with Crippen LogP contribution in [0.3, 0.4) is 0 Å². The lowest BCUT2D eigenvalue weighted by atomic mass is 9.86. The first-order valence-corrected chi connectivity index (χ1v) is 6.68. The van der Waals surface area contributed by atoms with Crippen LogP contribution in [0.2, 0.25) is 0 Å². The Hall–Kier alpha value is -0.820. The Balaban J connectivity index is 1.98. The lowest BCUT2D eigenvalue weighted by Crippen LogP contribution is -2.28. The minimum atomic E-state index is 0.779. The summed E-state index contributed by atoms with van der Waals surface area (Å²) in [5.74, 6) is 0.779. The first-order chi connectivity index (χ1) is 7.86. The van der Waals surface area contributed by atoms with E-state index in [1.165, 1.54) is 50.8 Å². The van der Waals surface area contributed by atoms with Crippen LogP contribution in [0.5, 0.6) is 0 Å². The molecule has 1 saturated heterocycles. The average Bonchev–Trinajstić information content (AvgIpc) is 2.81. The first kappa shape index (κ1) is 10.3. The number of hydrogen-bond donors (Lipinski definition) is 1. The Morgan fingerprint density at radius 3 is 2.81 bits per heavy atom. The van der Waals surface area contributed by atoms with Crippen LogP contribution in [0.4, 0.5) is 0 Å². The predicted molar refractivity (Wildman–Crippen MR) is 68.0 cm³/mol. The SMILES string of the molecule is Cc1ccc(C2CCCNC2)c2c1CCC2. The van der Waals surface area contributed by atoms with Crippen LogP contribution in [-0.4, -0.2) is 13.1 Å². The fourth-order valence-electron chi connectivity index (χ4n) is 3.41. The van der Waals surface area contributed by atoms with Crippen LogP contribution in [0.1, 0.15) is 47.4 Å². The zero-order valence-corrected chi connectivity index (χ0v) is 10.2. The second kappa shape index (κ2) is 4.21. The van der Waals surface area contributed by atoms with Crippen molar-refractivity contribution in [1.29, 1.82) is 0 Å². The summed E-state index contributed by atoms with van der Waals surface area (Å²) < 4.78 is 0. The molecule has 0 saturated carbocycles. The summed E-state index contributed by atoms with van der Waals surface area (Å²) in [6.45, 7) is 4.67. The molecular weight excluding hydrogens is 194 g/mol. The van der Waals surface area contributed by atoms with E-state index in [2.05, 4.69) is 24.4 Å². The maximum Gasteiger partial charge on any atom is 0.00202 e. The van der Waals surface area contributed by atoms with Crippen molar-refractivity contribution in [3.05, 3.63) is 34.4 Å². The third-order valence-electron chi connectivity index (χ3n) is 4.29. The highest BCUT2D eigenvalue weighted by Gasteiger charge is 2.23. The van der Waals surface area contributed by atoms with Gasteiger partial charge in [-0.05, 0) is 73.7 Å². The molecule has 1 nitrogen and oxygen atoms in total. The summed E-state index contributed by atoms with van der Waals surface area (Å²) in [4.78, 5) is 0. The van der Waals surface area contributed by atoms with Gasteiger partial charge in [-0.15, -0.1) is 0 Å². The molecule has 1 aromatic carbocycles. The standard InChI is InChI=1S/C15H21N/c1-11-7-8-14(12-4-3-9-16-10-12)15-6-2-5-13(11)15/h7-8,12,16H,2-6,9-10H2,1H3. The van der Waals surface area contributed by atoms with Gasteiger partial charge in [0.15, 0.2) is 0 Å². The molecule has 0 bridgehead atoms. The zero-order valence-electron chi connectivity index (χ0n) is 10.2. The topological polar surface area (TPSA) is 12.0 Å². The summed E-state index contributed by atoms with van der Waals surface area (Å²) in [5.41, 5.74) is 6.54. The van der Waals surface area contributed by atoms with Crippen LogP contribution in [0.25, 0.3) is 0 Å². The Morgan fingerprint density at radius 1 is 1.12 bits per heavy atom. The smallest absolute Gasteiger partial charge is 0.00202 e. The molecule has 1 unspecified atom stereocenters. The van der Waals surface area contributed by atoms with Crippen molar-refractivity contribution in [2.45, 2.75) is 44.9 Å². The number of hydrogen-bond acceptors (Lipinski definition) is 1. The van der Waals surface area contributed by atoms with Gasteiger partial charge >= 0.3 is 0 Å². The molecule has 3 rings (SSSR count). The quantitative estimate of drug-likeness (QED) is 0.759. The molecule has 0 spiro atoms. The van der Waals surface area contributed by atoms with Crippen LogP contribution < -0.4 is 5.32 Å². The largest absolute Gasteiger partial charge is 0.316 e. The Bertz CT molecular complexity index is 389. The minimum Gasteiger partial charge on any atom is -0.316 e. The van der Waals surface area contributed by atoms with Gasteiger partial charge in [0, 0.05) is 6.54 Å². The summed E-state index contributed by atoms with van der Waals surface area (Å²) in [6.07, 6.45) is 6.72. The van der Waals surface area contributed by atoms with Gasteiger partial charge in [-0.25, -0.2) is 0 Å². The van der Waals surface area contributed by atoms with E-state index in [1.54, 1.807) is 16.7 Å². The van der Waals surface area contributed by atoms with E-state index in [4.69, 9.17) is 0 Å². The highest BCUT2D eigenvalue weighted by molar-refractivity contribution is 5.45. The van der Waals surface area contributed by atoms with E-state index >= 15 is 0 Å². The van der Waals surface area contributed by atoms with E-state index in [1.807, 2.05) is 0 Å². The number of piperidine rings is 1. The van der Waals surface area contributed by atoms with Crippen molar-refractivity contribution in [2.75, 3.05) is 13.1 Å². The van der Waals surface area contributed by atoms with Crippen molar-refractivity contribution in [3.63, 3.8) is 0 Å². The molecule has 1 N–H and O–H groups in total. The van der Waals surface area contributed by atoms with Crippen molar-refractivity contribution >= 4 is 0 Å². The fraction of sp³-hybridized carbons (Fsp3) is 0.600. The predicted octanol–water partition coefficient (Wildman–Crippen LogP) is 2.95. The van der Waals surface area contributed by atoms with E-state index in [9.17, 15) is 0 Å². The molecule has 0 amide bonds. The molecule has 1 fully saturated rings. The van der Waals surface area contributed by atoms with Crippen molar-refractivity contribution < 1.29 is 0 Å². The van der Waals surface area contributed by atoms with Crippen molar-refractivity contribution in [1.82, 2.24) is 5.32 Å². The van der Waals surface area contributed by atoms with Crippen LogP contribution >= 0.6 is 0 Å². The summed E-state index contributed by atoms with van der Waals surface area (Å²) >= 11 is 0. The third kappa shape index (κ3) is 1.67. The first-order valence-electron chi connectivity index (χ1n) is 6.68. The second-order valence-electron chi connectivity index (χ2n) is 5.33.